The number of nitrogens with one attached hydrogen (secondary N) is 1. The molecule has 0 bridgehead atoms. The molecule has 0 aliphatic carbocycles. The Hall–Kier alpha value is -1.78. The van der Waals surface area contributed by atoms with Crippen LogP contribution in [0.3, 0.4) is 0 Å². The molecule has 0 aliphatic rings. The summed E-state index contributed by atoms with van der Waals surface area (Å²) in [5, 5.41) is 12.7. The summed E-state index contributed by atoms with van der Waals surface area (Å²) in [6.45, 7) is 0. The molecule has 1 aromatic heterocycles. The zero-order valence-electron chi connectivity index (χ0n) is 9.02. The molecular weight excluding hydrogens is 275 g/mol. The van der Waals surface area contributed by atoms with E-state index < -0.39 is 5.97 Å². The van der Waals surface area contributed by atoms with Gasteiger partial charge in [-0.1, -0.05) is 29.3 Å². The van der Waals surface area contributed by atoms with Gasteiger partial charge in [-0.3, -0.25) is 4.98 Å². The van der Waals surface area contributed by atoms with Crippen molar-refractivity contribution in [3.63, 3.8) is 0 Å². The number of benzene rings is 1. The second-order valence-corrected chi connectivity index (χ2v) is 4.24. The molecule has 1 heterocycles. The monoisotopic (exact) mass is 282 g/mol. The van der Waals surface area contributed by atoms with Gasteiger partial charge in [0.1, 0.15) is 0 Å². The van der Waals surface area contributed by atoms with Gasteiger partial charge in [0.25, 0.3) is 0 Å². The van der Waals surface area contributed by atoms with Gasteiger partial charge in [-0.15, -0.1) is 0 Å². The molecular formula is C12H8Cl2N2O2. The highest BCUT2D eigenvalue weighted by Gasteiger charge is 2.11. The highest BCUT2D eigenvalue weighted by Crippen LogP contribution is 2.32. The van der Waals surface area contributed by atoms with E-state index in [1.165, 1.54) is 18.5 Å². The first-order valence-electron chi connectivity index (χ1n) is 4.98. The highest BCUT2D eigenvalue weighted by molar-refractivity contribution is 6.43. The third-order valence-corrected chi connectivity index (χ3v) is 3.09. The van der Waals surface area contributed by atoms with Crippen molar-refractivity contribution in [2.75, 3.05) is 5.32 Å². The standard InChI is InChI=1S/C12H8Cl2N2O2/c13-8-2-1-3-9(11(8)14)16-10-6-15-5-4-7(10)12(17)18/h1-6,16H,(H,17,18). The van der Waals surface area contributed by atoms with Crippen molar-refractivity contribution in [3.05, 3.63) is 52.3 Å². The number of pyridine rings is 1. The van der Waals surface area contributed by atoms with E-state index in [1.807, 2.05) is 0 Å². The number of anilines is 2. The van der Waals surface area contributed by atoms with Gasteiger partial charge in [-0.05, 0) is 18.2 Å². The van der Waals surface area contributed by atoms with Gasteiger partial charge in [-0.25, -0.2) is 4.79 Å². The number of carbonyl (C=O) groups is 1. The number of aromatic carboxylic acids is 1. The summed E-state index contributed by atoms with van der Waals surface area (Å²) in [5.74, 6) is -1.04. The van der Waals surface area contributed by atoms with Crippen LogP contribution in [0, 0.1) is 0 Å². The highest BCUT2D eigenvalue weighted by atomic mass is 35.5. The van der Waals surface area contributed by atoms with Gasteiger partial charge in [0.15, 0.2) is 0 Å². The Morgan fingerprint density at radius 2 is 2.00 bits per heavy atom. The first-order valence-corrected chi connectivity index (χ1v) is 5.73. The van der Waals surface area contributed by atoms with Gasteiger partial charge in [0, 0.05) is 6.20 Å². The summed E-state index contributed by atoms with van der Waals surface area (Å²) in [5.41, 5.74) is 0.995. The largest absolute Gasteiger partial charge is 0.478 e. The molecule has 0 saturated heterocycles. The van der Waals surface area contributed by atoms with E-state index in [2.05, 4.69) is 10.3 Å². The predicted octanol–water partition coefficient (Wildman–Crippen LogP) is 3.83. The van der Waals surface area contributed by atoms with E-state index >= 15 is 0 Å². The van der Waals surface area contributed by atoms with Crippen LogP contribution in [-0.4, -0.2) is 16.1 Å². The molecule has 2 aromatic rings. The van der Waals surface area contributed by atoms with Gasteiger partial charge >= 0.3 is 5.97 Å². The molecule has 0 atom stereocenters. The Bertz CT molecular complexity index is 602. The Kier molecular flexibility index (Phi) is 3.69. The van der Waals surface area contributed by atoms with Crippen molar-refractivity contribution in [1.82, 2.24) is 4.98 Å². The van der Waals surface area contributed by atoms with Crippen molar-refractivity contribution >= 4 is 40.5 Å². The minimum Gasteiger partial charge on any atom is -0.478 e. The fourth-order valence-electron chi connectivity index (χ4n) is 1.43. The van der Waals surface area contributed by atoms with Crippen LogP contribution < -0.4 is 5.32 Å². The SMILES string of the molecule is O=C(O)c1ccncc1Nc1cccc(Cl)c1Cl. The van der Waals surface area contributed by atoms with Crippen LogP contribution in [0.15, 0.2) is 36.7 Å². The molecule has 0 fully saturated rings. The molecule has 0 unspecified atom stereocenters. The smallest absolute Gasteiger partial charge is 0.337 e. The Balaban J connectivity index is 2.40. The normalized spacial score (nSPS) is 10.1. The number of carboxylic acid groups (broad SMARTS) is 1. The lowest BCUT2D eigenvalue weighted by atomic mass is 10.2. The van der Waals surface area contributed by atoms with E-state index in [-0.39, 0.29) is 5.56 Å². The van der Waals surface area contributed by atoms with E-state index in [0.717, 1.165) is 0 Å². The van der Waals surface area contributed by atoms with E-state index in [0.29, 0.717) is 21.4 Å². The van der Waals surface area contributed by atoms with Crippen molar-refractivity contribution in [3.8, 4) is 0 Å². The maximum Gasteiger partial charge on any atom is 0.337 e. The van der Waals surface area contributed by atoms with Gasteiger partial charge in [0.05, 0.1) is 33.2 Å². The van der Waals surface area contributed by atoms with Crippen LogP contribution in [0.1, 0.15) is 10.4 Å². The van der Waals surface area contributed by atoms with E-state index in [9.17, 15) is 4.79 Å². The Labute approximate surface area is 113 Å². The average molecular weight is 283 g/mol. The van der Waals surface area contributed by atoms with Crippen LogP contribution >= 0.6 is 23.2 Å². The number of nitrogens with zero attached hydrogens (tertiary/aromatic N) is 1. The first-order chi connectivity index (χ1) is 8.59. The molecule has 18 heavy (non-hydrogen) atoms. The van der Waals surface area contributed by atoms with Crippen LogP contribution in [-0.2, 0) is 0 Å². The molecule has 2 N–H and O–H groups in total. The second kappa shape index (κ2) is 5.25. The van der Waals surface area contributed by atoms with Crippen LogP contribution in [0.2, 0.25) is 10.0 Å². The summed E-state index contributed by atoms with van der Waals surface area (Å²) >= 11 is 11.9. The van der Waals surface area contributed by atoms with Gasteiger partial charge in [-0.2, -0.15) is 0 Å². The van der Waals surface area contributed by atoms with Crippen molar-refractivity contribution in [2.24, 2.45) is 0 Å². The zero-order valence-corrected chi connectivity index (χ0v) is 10.5. The summed E-state index contributed by atoms with van der Waals surface area (Å²) in [7, 11) is 0. The third kappa shape index (κ3) is 2.55. The summed E-state index contributed by atoms with van der Waals surface area (Å²) in [4.78, 5) is 14.9. The third-order valence-electron chi connectivity index (χ3n) is 2.27. The second-order valence-electron chi connectivity index (χ2n) is 3.45. The molecule has 6 heteroatoms. The fourth-order valence-corrected chi connectivity index (χ4v) is 1.77. The number of hydrogen-bond donors (Lipinski definition) is 2. The van der Waals surface area contributed by atoms with E-state index in [4.69, 9.17) is 28.3 Å². The minimum absolute atomic E-state index is 0.112. The minimum atomic E-state index is -1.04. The molecule has 4 nitrogen and oxygen atoms in total. The summed E-state index contributed by atoms with van der Waals surface area (Å²) in [6, 6.07) is 6.47. The van der Waals surface area contributed by atoms with Crippen molar-refractivity contribution < 1.29 is 9.90 Å². The number of hydrogen-bond acceptors (Lipinski definition) is 3. The van der Waals surface area contributed by atoms with Gasteiger partial charge < -0.3 is 10.4 Å². The van der Waals surface area contributed by atoms with Gasteiger partial charge in [0.2, 0.25) is 0 Å². The molecule has 1 aromatic carbocycles. The van der Waals surface area contributed by atoms with Crippen LogP contribution in [0.25, 0.3) is 0 Å². The Morgan fingerprint density at radius 1 is 1.22 bits per heavy atom. The number of carboxylic acids is 1. The lowest BCUT2D eigenvalue weighted by Crippen LogP contribution is -2.03. The average Bonchev–Trinajstić information content (AvgIpc) is 2.35. The predicted molar refractivity (Wildman–Crippen MR) is 70.9 cm³/mol. The summed E-state index contributed by atoms with van der Waals surface area (Å²) in [6.07, 6.45) is 2.83. The van der Waals surface area contributed by atoms with E-state index in [1.54, 1.807) is 18.2 Å². The molecule has 0 aliphatic heterocycles. The molecule has 0 amide bonds. The van der Waals surface area contributed by atoms with Crippen LogP contribution in [0.4, 0.5) is 11.4 Å². The first kappa shape index (κ1) is 12.7. The summed E-state index contributed by atoms with van der Waals surface area (Å²) < 4.78 is 0. The zero-order chi connectivity index (χ0) is 13.1. The number of aromatic nitrogens is 1. The fraction of sp³-hybridized carbons (Fsp3) is 0. The topological polar surface area (TPSA) is 62.2 Å². The maximum absolute atomic E-state index is 11.0. The molecule has 0 saturated carbocycles. The lowest BCUT2D eigenvalue weighted by Gasteiger charge is -2.10. The lowest BCUT2D eigenvalue weighted by molar-refractivity contribution is 0.0698. The quantitative estimate of drug-likeness (QED) is 0.898. The number of rotatable bonds is 3. The van der Waals surface area contributed by atoms with Crippen molar-refractivity contribution in [1.29, 1.82) is 0 Å². The maximum atomic E-state index is 11.0. The van der Waals surface area contributed by atoms with Crippen LogP contribution in [0.5, 0.6) is 0 Å². The Morgan fingerprint density at radius 3 is 2.72 bits per heavy atom. The molecule has 2 rings (SSSR count). The molecule has 0 radical (unpaired) electrons. The number of halogens is 2. The molecule has 92 valence electrons. The van der Waals surface area contributed by atoms with Crippen molar-refractivity contribution in [2.45, 2.75) is 0 Å². The molecule has 0 spiro atoms.